The van der Waals surface area contributed by atoms with Gasteiger partial charge in [0.2, 0.25) is 0 Å². The first-order chi connectivity index (χ1) is 14.2. The first-order valence-electron chi connectivity index (χ1n) is 10.7. The Kier molecular flexibility index (Phi) is 5.97. The highest BCUT2D eigenvalue weighted by Gasteiger charge is 2.53. The van der Waals surface area contributed by atoms with E-state index in [4.69, 9.17) is 0 Å². The molecule has 4 heterocycles. The van der Waals surface area contributed by atoms with Gasteiger partial charge in [0.25, 0.3) is 0 Å². The van der Waals surface area contributed by atoms with Crippen molar-refractivity contribution in [2.75, 3.05) is 13.1 Å². The number of hydrogen-bond donors (Lipinski definition) is 1. The molecule has 2 bridgehead atoms. The van der Waals surface area contributed by atoms with Crippen molar-refractivity contribution in [1.82, 2.24) is 4.98 Å². The third kappa shape index (κ3) is 3.56. The number of aromatic nitrogens is 1. The molecule has 0 radical (unpaired) electrons. The number of quaternary nitrogens is 1. The normalized spacial score (nSPS) is 28.6. The Hall–Kier alpha value is -2.20. The highest BCUT2D eigenvalue weighted by atomic mass is 35.5. The number of hydrogen-bond acceptors (Lipinski definition) is 2. The first-order valence-corrected chi connectivity index (χ1v) is 10.7. The lowest BCUT2D eigenvalue weighted by Gasteiger charge is -2.58. The van der Waals surface area contributed by atoms with Crippen molar-refractivity contribution in [1.29, 1.82) is 0 Å². The van der Waals surface area contributed by atoms with Crippen LogP contribution in [0.25, 0.3) is 10.9 Å². The highest BCUT2D eigenvalue weighted by molar-refractivity contribution is 5.85. The van der Waals surface area contributed by atoms with Crippen LogP contribution in [0.2, 0.25) is 0 Å². The van der Waals surface area contributed by atoms with Gasteiger partial charge in [-0.1, -0.05) is 54.6 Å². The summed E-state index contributed by atoms with van der Waals surface area (Å²) in [4.78, 5) is 4.50. The fourth-order valence-corrected chi connectivity index (χ4v) is 5.91. The second-order valence-electron chi connectivity index (χ2n) is 8.88. The molecule has 156 valence electrons. The van der Waals surface area contributed by atoms with Gasteiger partial charge in [-0.2, -0.15) is 0 Å². The zero-order valence-electron chi connectivity index (χ0n) is 17.2. The Labute approximate surface area is 185 Å². The van der Waals surface area contributed by atoms with E-state index in [0.717, 1.165) is 47.0 Å². The molecule has 5 atom stereocenters. The number of pyridine rings is 1. The lowest BCUT2D eigenvalue weighted by atomic mass is 9.71. The van der Waals surface area contributed by atoms with E-state index in [1.165, 1.54) is 12.0 Å². The maximum Gasteiger partial charge on any atom is 0.131 e. The number of nitrogens with zero attached hydrogens (tertiary/aromatic N) is 2. The lowest BCUT2D eigenvalue weighted by Crippen LogP contribution is -2.67. The Balaban J connectivity index is 0.00000218. The summed E-state index contributed by atoms with van der Waals surface area (Å²) in [6.45, 7) is 7.32. The molecule has 30 heavy (non-hydrogen) atoms. The van der Waals surface area contributed by atoms with Gasteiger partial charge in [0.1, 0.15) is 18.7 Å². The number of fused-ring (bicyclic) bond motifs is 4. The van der Waals surface area contributed by atoms with Crippen LogP contribution in [0.1, 0.15) is 30.1 Å². The quantitative estimate of drug-likeness (QED) is 0.447. The summed E-state index contributed by atoms with van der Waals surface area (Å²) >= 11 is 0. The largest absolute Gasteiger partial charge is 0.382 e. The second kappa shape index (κ2) is 8.50. The van der Waals surface area contributed by atoms with Crippen molar-refractivity contribution in [2.45, 2.75) is 31.5 Å². The molecule has 1 N–H and O–H groups in total. The topological polar surface area (TPSA) is 33.1 Å². The molecule has 4 heteroatoms. The van der Waals surface area contributed by atoms with Gasteiger partial charge in [-0.3, -0.25) is 4.98 Å². The molecule has 0 spiro atoms. The fraction of sp³-hybridized carbons (Fsp3) is 0.346. The Bertz CT molecular complexity index is 1020. The predicted octanol–water partition coefficient (Wildman–Crippen LogP) is 5.30. The minimum atomic E-state index is -0.486. The molecule has 3 fully saturated rings. The third-order valence-corrected chi connectivity index (χ3v) is 7.38. The van der Waals surface area contributed by atoms with E-state index in [-0.39, 0.29) is 18.4 Å². The molecule has 3 aromatic rings. The van der Waals surface area contributed by atoms with Crippen molar-refractivity contribution in [3.8, 4) is 0 Å². The lowest BCUT2D eigenvalue weighted by molar-refractivity contribution is -0.984. The Morgan fingerprint density at radius 2 is 1.87 bits per heavy atom. The summed E-state index contributed by atoms with van der Waals surface area (Å²) in [5.41, 5.74) is 3.33. The monoisotopic (exact) mass is 421 g/mol. The SMILES string of the molecule is C=CC1C[N+]2(Cc3ccccc3)CCC1CC2[C@H](O)c1ccnc2ccccc12.Cl. The minimum Gasteiger partial charge on any atom is -0.382 e. The molecule has 3 saturated heterocycles. The number of halogens is 1. The van der Waals surface area contributed by atoms with Crippen LogP contribution in [0, 0.1) is 11.8 Å². The van der Waals surface area contributed by atoms with Crippen LogP contribution in [-0.4, -0.2) is 33.7 Å². The van der Waals surface area contributed by atoms with Gasteiger partial charge < -0.3 is 9.59 Å². The molecular weight excluding hydrogens is 392 g/mol. The Morgan fingerprint density at radius 1 is 1.10 bits per heavy atom. The van der Waals surface area contributed by atoms with Crippen molar-refractivity contribution >= 4 is 23.3 Å². The molecule has 3 aliphatic heterocycles. The smallest absolute Gasteiger partial charge is 0.131 e. The van der Waals surface area contributed by atoms with E-state index >= 15 is 0 Å². The van der Waals surface area contributed by atoms with Crippen LogP contribution in [0.3, 0.4) is 0 Å². The zero-order valence-corrected chi connectivity index (χ0v) is 18.0. The molecule has 0 saturated carbocycles. The van der Waals surface area contributed by atoms with Crippen LogP contribution in [-0.2, 0) is 6.54 Å². The second-order valence-corrected chi connectivity index (χ2v) is 8.88. The molecule has 0 aliphatic carbocycles. The maximum absolute atomic E-state index is 11.7. The molecule has 3 aliphatic rings. The van der Waals surface area contributed by atoms with Crippen molar-refractivity contribution in [2.24, 2.45) is 11.8 Å². The third-order valence-electron chi connectivity index (χ3n) is 7.38. The number of benzene rings is 2. The van der Waals surface area contributed by atoms with Crippen molar-refractivity contribution in [3.05, 3.63) is 90.6 Å². The summed E-state index contributed by atoms with van der Waals surface area (Å²) < 4.78 is 0.953. The van der Waals surface area contributed by atoms with Crippen LogP contribution in [0.4, 0.5) is 0 Å². The van der Waals surface area contributed by atoms with Gasteiger partial charge in [0, 0.05) is 35.9 Å². The molecule has 0 amide bonds. The number of aliphatic hydroxyl groups excluding tert-OH is 1. The van der Waals surface area contributed by atoms with E-state index in [9.17, 15) is 5.11 Å². The number of para-hydroxylation sites is 1. The summed E-state index contributed by atoms with van der Waals surface area (Å²) in [5, 5.41) is 12.8. The molecule has 6 rings (SSSR count). The molecular formula is C26H30ClN2O+. The molecule has 3 nitrogen and oxygen atoms in total. The molecule has 4 unspecified atom stereocenters. The minimum absolute atomic E-state index is 0. The Morgan fingerprint density at radius 3 is 2.67 bits per heavy atom. The first kappa shape index (κ1) is 21.0. The summed E-state index contributed by atoms with van der Waals surface area (Å²) in [6.07, 6.45) is 5.79. The van der Waals surface area contributed by atoms with Gasteiger partial charge >= 0.3 is 0 Å². The zero-order chi connectivity index (χ0) is 19.8. The van der Waals surface area contributed by atoms with Gasteiger partial charge in [0.05, 0.1) is 18.6 Å². The van der Waals surface area contributed by atoms with Gasteiger partial charge in [-0.15, -0.1) is 19.0 Å². The number of aliphatic hydroxyl groups is 1. The average molecular weight is 422 g/mol. The van der Waals surface area contributed by atoms with E-state index in [1.54, 1.807) is 0 Å². The highest BCUT2D eigenvalue weighted by Crippen LogP contribution is 2.47. The van der Waals surface area contributed by atoms with Crippen LogP contribution < -0.4 is 0 Å². The number of piperidine rings is 3. The van der Waals surface area contributed by atoms with Gasteiger partial charge in [0.15, 0.2) is 0 Å². The van der Waals surface area contributed by atoms with E-state index in [2.05, 4.69) is 54.0 Å². The van der Waals surface area contributed by atoms with Crippen molar-refractivity contribution < 1.29 is 9.59 Å². The predicted molar refractivity (Wildman–Crippen MR) is 124 cm³/mol. The van der Waals surface area contributed by atoms with E-state index in [0.29, 0.717) is 11.8 Å². The summed E-state index contributed by atoms with van der Waals surface area (Å²) in [6, 6.07) is 21.2. The van der Waals surface area contributed by atoms with Gasteiger partial charge in [-0.25, -0.2) is 0 Å². The van der Waals surface area contributed by atoms with Crippen LogP contribution >= 0.6 is 12.4 Å². The standard InChI is InChI=1S/C26H29N2O.ClH/c1-2-20-18-28(17-19-8-4-3-5-9-19)15-13-21(20)16-25(28)26(29)23-12-14-27-24-11-7-6-10-22(23)24;/h2-12,14,20-21,25-26,29H,1,13,15-18H2;1H/q+1;/t20?,21?,25?,26-,28?;/m1./s1. The van der Waals surface area contributed by atoms with E-state index < -0.39 is 6.10 Å². The van der Waals surface area contributed by atoms with E-state index in [1.807, 2.05) is 30.5 Å². The molecule has 2 aromatic carbocycles. The molecule has 1 aromatic heterocycles. The van der Waals surface area contributed by atoms with Gasteiger partial charge in [-0.05, 0) is 23.6 Å². The maximum atomic E-state index is 11.7. The van der Waals surface area contributed by atoms with Crippen molar-refractivity contribution in [3.63, 3.8) is 0 Å². The van der Waals surface area contributed by atoms with Crippen LogP contribution in [0.5, 0.6) is 0 Å². The number of rotatable bonds is 5. The fourth-order valence-electron chi connectivity index (χ4n) is 5.91. The average Bonchev–Trinajstić information content (AvgIpc) is 2.78. The van der Waals surface area contributed by atoms with Crippen LogP contribution in [0.15, 0.2) is 79.5 Å². The summed E-state index contributed by atoms with van der Waals surface area (Å²) in [5.74, 6) is 1.18. The summed E-state index contributed by atoms with van der Waals surface area (Å²) in [7, 11) is 0.